The van der Waals surface area contributed by atoms with Gasteiger partial charge >= 0.3 is 0 Å². The van der Waals surface area contributed by atoms with E-state index in [1.165, 1.54) is 11.1 Å². The third kappa shape index (κ3) is 4.21. The van der Waals surface area contributed by atoms with Crippen LogP contribution in [0.4, 0.5) is 5.82 Å². The third-order valence-corrected chi connectivity index (χ3v) is 6.50. The molecule has 5 rings (SSSR count). The molecule has 174 valence electrons. The maximum atomic E-state index is 13.2. The van der Waals surface area contributed by atoms with Gasteiger partial charge in [0.15, 0.2) is 0 Å². The number of fused-ring (bicyclic) bond motifs is 1. The zero-order valence-corrected chi connectivity index (χ0v) is 19.7. The molecule has 4 aromatic rings. The summed E-state index contributed by atoms with van der Waals surface area (Å²) in [5.74, 6) is 1.88. The van der Waals surface area contributed by atoms with Gasteiger partial charge in [0.05, 0.1) is 23.5 Å². The summed E-state index contributed by atoms with van der Waals surface area (Å²) in [5.41, 5.74) is 5.81. The SMILES string of the molecule is Cc1cnn(C2CCCc3ccccc32)c1NC(=O)c1cccc(OCc2c(C)noc2C)c1. The Hall–Kier alpha value is -3.87. The maximum absolute atomic E-state index is 13.2. The molecule has 0 saturated heterocycles. The number of anilines is 1. The van der Waals surface area contributed by atoms with Gasteiger partial charge in [-0.2, -0.15) is 5.10 Å². The minimum Gasteiger partial charge on any atom is -0.489 e. The van der Waals surface area contributed by atoms with Crippen LogP contribution in [-0.2, 0) is 13.0 Å². The number of benzene rings is 2. The van der Waals surface area contributed by atoms with Crippen LogP contribution in [0.15, 0.2) is 59.3 Å². The smallest absolute Gasteiger partial charge is 0.256 e. The number of aromatic nitrogens is 3. The van der Waals surface area contributed by atoms with Crippen molar-refractivity contribution in [3.05, 3.63) is 94.0 Å². The fourth-order valence-corrected chi connectivity index (χ4v) is 4.59. The summed E-state index contributed by atoms with van der Waals surface area (Å²) in [4.78, 5) is 13.2. The predicted molar refractivity (Wildman–Crippen MR) is 129 cm³/mol. The van der Waals surface area contributed by atoms with Crippen LogP contribution in [0.3, 0.4) is 0 Å². The van der Waals surface area contributed by atoms with Crippen molar-refractivity contribution in [3.63, 3.8) is 0 Å². The van der Waals surface area contributed by atoms with Gasteiger partial charge in [0.25, 0.3) is 5.91 Å². The van der Waals surface area contributed by atoms with Crippen LogP contribution in [0.25, 0.3) is 0 Å². The molecular formula is C27H28N4O3. The first-order valence-corrected chi connectivity index (χ1v) is 11.6. The Balaban J connectivity index is 1.35. The topological polar surface area (TPSA) is 82.2 Å². The van der Waals surface area contributed by atoms with Crippen molar-refractivity contribution in [2.24, 2.45) is 0 Å². The molecule has 0 aliphatic heterocycles. The van der Waals surface area contributed by atoms with Gasteiger partial charge in [0.1, 0.15) is 23.9 Å². The molecule has 0 radical (unpaired) electrons. The zero-order chi connectivity index (χ0) is 23.7. The first-order valence-electron chi connectivity index (χ1n) is 11.6. The molecule has 0 saturated carbocycles. The van der Waals surface area contributed by atoms with Crippen LogP contribution in [0.2, 0.25) is 0 Å². The highest BCUT2D eigenvalue weighted by atomic mass is 16.5. The van der Waals surface area contributed by atoms with Crippen molar-refractivity contribution in [2.75, 3.05) is 5.32 Å². The molecule has 1 unspecified atom stereocenters. The summed E-state index contributed by atoms with van der Waals surface area (Å²) >= 11 is 0. The first-order chi connectivity index (χ1) is 16.5. The van der Waals surface area contributed by atoms with Crippen LogP contribution >= 0.6 is 0 Å². The summed E-state index contributed by atoms with van der Waals surface area (Å²) in [6.07, 6.45) is 4.98. The summed E-state index contributed by atoms with van der Waals surface area (Å²) in [6.45, 7) is 6.05. The number of nitrogens with one attached hydrogen (secondary N) is 1. The molecule has 0 bridgehead atoms. The Bertz CT molecular complexity index is 1320. The number of ether oxygens (including phenoxy) is 1. The lowest BCUT2D eigenvalue weighted by atomic mass is 9.88. The molecule has 2 aromatic heterocycles. The lowest BCUT2D eigenvalue weighted by Gasteiger charge is -2.27. The van der Waals surface area contributed by atoms with Gasteiger partial charge in [-0.05, 0) is 69.4 Å². The molecule has 7 nitrogen and oxygen atoms in total. The molecule has 1 aliphatic carbocycles. The van der Waals surface area contributed by atoms with Crippen LogP contribution in [0.5, 0.6) is 5.75 Å². The van der Waals surface area contributed by atoms with Gasteiger partial charge in [-0.25, -0.2) is 4.68 Å². The third-order valence-electron chi connectivity index (χ3n) is 6.50. The van der Waals surface area contributed by atoms with Crippen molar-refractivity contribution >= 4 is 11.7 Å². The Kier molecular flexibility index (Phi) is 5.92. The van der Waals surface area contributed by atoms with E-state index < -0.39 is 0 Å². The van der Waals surface area contributed by atoms with E-state index in [0.29, 0.717) is 17.9 Å². The summed E-state index contributed by atoms with van der Waals surface area (Å²) in [7, 11) is 0. The molecule has 1 amide bonds. The average molecular weight is 457 g/mol. The second kappa shape index (κ2) is 9.17. The van der Waals surface area contributed by atoms with E-state index in [-0.39, 0.29) is 11.9 Å². The van der Waals surface area contributed by atoms with Crippen LogP contribution < -0.4 is 10.1 Å². The zero-order valence-electron chi connectivity index (χ0n) is 19.7. The Labute approximate surface area is 198 Å². The Morgan fingerprint density at radius 1 is 1.18 bits per heavy atom. The highest BCUT2D eigenvalue weighted by molar-refractivity contribution is 6.04. The molecular weight excluding hydrogens is 428 g/mol. The van der Waals surface area contributed by atoms with E-state index in [1.54, 1.807) is 12.1 Å². The Morgan fingerprint density at radius 3 is 2.85 bits per heavy atom. The van der Waals surface area contributed by atoms with Crippen LogP contribution in [-0.4, -0.2) is 20.8 Å². The summed E-state index contributed by atoms with van der Waals surface area (Å²) < 4.78 is 13.1. The van der Waals surface area contributed by atoms with E-state index in [9.17, 15) is 4.79 Å². The number of rotatable bonds is 6. The van der Waals surface area contributed by atoms with Crippen molar-refractivity contribution in [1.29, 1.82) is 0 Å². The highest BCUT2D eigenvalue weighted by Gasteiger charge is 2.25. The fraction of sp³-hybridized carbons (Fsp3) is 0.296. The molecule has 34 heavy (non-hydrogen) atoms. The Morgan fingerprint density at radius 2 is 2.03 bits per heavy atom. The first kappa shape index (κ1) is 21.9. The standard InChI is InChI=1S/C27H28N4O3/c1-17-15-28-31(25-13-7-9-20-8-4-5-12-23(20)25)26(17)29-27(32)21-10-6-11-22(14-21)33-16-24-18(2)30-34-19(24)3/h4-6,8,10-12,14-15,25H,7,9,13,16H2,1-3H3,(H,29,32). The van der Waals surface area contributed by atoms with Crippen molar-refractivity contribution in [3.8, 4) is 5.75 Å². The molecule has 1 aliphatic rings. The highest BCUT2D eigenvalue weighted by Crippen LogP contribution is 2.35. The number of hydrogen-bond donors (Lipinski definition) is 1. The molecule has 0 fully saturated rings. The van der Waals surface area contributed by atoms with Crippen molar-refractivity contribution < 1.29 is 14.1 Å². The maximum Gasteiger partial charge on any atom is 0.256 e. The number of hydrogen-bond acceptors (Lipinski definition) is 5. The normalized spacial score (nSPS) is 15.1. The number of carbonyl (C=O) groups excluding carboxylic acids is 1. The monoisotopic (exact) mass is 456 g/mol. The minimum atomic E-state index is -0.197. The second-order valence-electron chi connectivity index (χ2n) is 8.80. The summed E-state index contributed by atoms with van der Waals surface area (Å²) in [5, 5.41) is 11.7. The molecule has 7 heteroatoms. The van der Waals surface area contributed by atoms with E-state index in [2.05, 4.69) is 39.8 Å². The molecule has 1 N–H and O–H groups in total. The predicted octanol–water partition coefficient (Wildman–Crippen LogP) is 5.55. The summed E-state index contributed by atoms with van der Waals surface area (Å²) in [6, 6.07) is 15.8. The molecule has 2 aromatic carbocycles. The van der Waals surface area contributed by atoms with Gasteiger partial charge in [-0.3, -0.25) is 4.79 Å². The lowest BCUT2D eigenvalue weighted by molar-refractivity contribution is 0.102. The number of aryl methyl sites for hydroxylation is 4. The molecule has 1 atom stereocenters. The number of carbonyl (C=O) groups is 1. The lowest BCUT2D eigenvalue weighted by Crippen LogP contribution is -2.22. The van der Waals surface area contributed by atoms with Gasteiger partial charge in [0, 0.05) is 11.1 Å². The quantitative estimate of drug-likeness (QED) is 0.411. The van der Waals surface area contributed by atoms with E-state index in [0.717, 1.165) is 47.7 Å². The molecule has 0 spiro atoms. The fourth-order valence-electron chi connectivity index (χ4n) is 4.59. The van der Waals surface area contributed by atoms with E-state index >= 15 is 0 Å². The van der Waals surface area contributed by atoms with E-state index in [4.69, 9.17) is 9.26 Å². The van der Waals surface area contributed by atoms with Gasteiger partial charge in [-0.1, -0.05) is 35.5 Å². The van der Waals surface area contributed by atoms with Crippen LogP contribution in [0, 0.1) is 20.8 Å². The second-order valence-corrected chi connectivity index (χ2v) is 8.80. The largest absolute Gasteiger partial charge is 0.489 e. The van der Waals surface area contributed by atoms with Crippen molar-refractivity contribution in [1.82, 2.24) is 14.9 Å². The molecule has 2 heterocycles. The van der Waals surface area contributed by atoms with Gasteiger partial charge in [-0.15, -0.1) is 0 Å². The minimum absolute atomic E-state index is 0.110. The van der Waals surface area contributed by atoms with Crippen LogP contribution in [0.1, 0.15) is 62.9 Å². The number of nitrogens with zero attached hydrogens (tertiary/aromatic N) is 3. The van der Waals surface area contributed by atoms with Gasteiger partial charge in [0.2, 0.25) is 0 Å². The average Bonchev–Trinajstić information content (AvgIpc) is 3.38. The van der Waals surface area contributed by atoms with E-state index in [1.807, 2.05) is 43.8 Å². The number of amides is 1. The van der Waals surface area contributed by atoms with Crippen molar-refractivity contribution in [2.45, 2.75) is 52.7 Å². The van der Waals surface area contributed by atoms with Gasteiger partial charge < -0.3 is 14.6 Å².